The Morgan fingerprint density at radius 3 is 2.57 bits per heavy atom. The van der Waals surface area contributed by atoms with Crippen LogP contribution in [0, 0.1) is 26.7 Å². The monoisotopic (exact) mass is 309 g/mol. The molecule has 0 saturated heterocycles. The second-order valence-electron chi connectivity index (χ2n) is 6.36. The molecule has 4 nitrogen and oxygen atoms in total. The summed E-state index contributed by atoms with van der Waals surface area (Å²) in [5.74, 6) is 0.494. The quantitative estimate of drug-likeness (QED) is 0.885. The van der Waals surface area contributed by atoms with Crippen molar-refractivity contribution < 1.29 is 4.79 Å². The first-order chi connectivity index (χ1) is 11.0. The van der Waals surface area contributed by atoms with Crippen molar-refractivity contribution in [1.82, 2.24) is 10.3 Å². The third kappa shape index (κ3) is 3.70. The summed E-state index contributed by atoms with van der Waals surface area (Å²) in [4.78, 5) is 17.0. The Hall–Kier alpha value is -2.36. The van der Waals surface area contributed by atoms with E-state index in [2.05, 4.69) is 15.6 Å². The molecular weight excluding hydrogens is 286 g/mol. The van der Waals surface area contributed by atoms with Crippen LogP contribution < -0.4 is 10.6 Å². The summed E-state index contributed by atoms with van der Waals surface area (Å²) in [6, 6.07) is 11.7. The van der Waals surface area contributed by atoms with Gasteiger partial charge in [0.2, 0.25) is 0 Å². The molecule has 0 aliphatic heterocycles. The average molecular weight is 309 g/mol. The lowest BCUT2D eigenvalue weighted by atomic mass is 10.1. The fourth-order valence-corrected chi connectivity index (χ4v) is 2.79. The molecule has 1 fully saturated rings. The first-order valence-electron chi connectivity index (χ1n) is 8.12. The van der Waals surface area contributed by atoms with E-state index in [4.69, 9.17) is 0 Å². The molecule has 0 unspecified atom stereocenters. The van der Waals surface area contributed by atoms with Gasteiger partial charge >= 0.3 is 6.03 Å². The minimum absolute atomic E-state index is 0.0139. The lowest BCUT2D eigenvalue weighted by Crippen LogP contribution is -2.34. The largest absolute Gasteiger partial charge is 0.329 e. The van der Waals surface area contributed by atoms with Crippen molar-refractivity contribution in [3.05, 3.63) is 58.9 Å². The lowest BCUT2D eigenvalue weighted by Gasteiger charge is -2.19. The van der Waals surface area contributed by atoms with E-state index in [0.29, 0.717) is 5.92 Å². The summed E-state index contributed by atoms with van der Waals surface area (Å²) in [5.41, 5.74) is 5.05. The van der Waals surface area contributed by atoms with Crippen molar-refractivity contribution in [2.75, 3.05) is 5.32 Å². The SMILES string of the molecule is Cc1cccc([C@H](NC(=O)Nc2cccc(C)c2C)C2CC2)n1. The van der Waals surface area contributed by atoms with Gasteiger partial charge in [0.1, 0.15) is 0 Å². The maximum absolute atomic E-state index is 12.4. The van der Waals surface area contributed by atoms with Gasteiger partial charge in [0, 0.05) is 11.4 Å². The number of nitrogens with one attached hydrogen (secondary N) is 2. The van der Waals surface area contributed by atoms with Crippen LogP contribution in [0.2, 0.25) is 0 Å². The minimum Gasteiger partial charge on any atom is -0.329 e. The third-order valence-electron chi connectivity index (χ3n) is 4.46. The van der Waals surface area contributed by atoms with Crippen molar-refractivity contribution >= 4 is 11.7 Å². The van der Waals surface area contributed by atoms with Crippen LogP contribution in [-0.4, -0.2) is 11.0 Å². The van der Waals surface area contributed by atoms with E-state index in [1.54, 1.807) is 0 Å². The predicted molar refractivity (Wildman–Crippen MR) is 92.5 cm³/mol. The van der Waals surface area contributed by atoms with Crippen LogP contribution >= 0.6 is 0 Å². The smallest absolute Gasteiger partial charge is 0.319 e. The van der Waals surface area contributed by atoms with Gasteiger partial charge in [0.05, 0.1) is 11.7 Å². The number of urea groups is 1. The summed E-state index contributed by atoms with van der Waals surface area (Å²) in [7, 11) is 0. The molecule has 1 saturated carbocycles. The van der Waals surface area contributed by atoms with Gasteiger partial charge in [0.15, 0.2) is 0 Å². The van der Waals surface area contributed by atoms with E-state index in [-0.39, 0.29) is 12.1 Å². The molecule has 23 heavy (non-hydrogen) atoms. The Bertz CT molecular complexity index is 722. The molecule has 1 aromatic carbocycles. The highest BCUT2D eigenvalue weighted by Gasteiger charge is 2.34. The van der Waals surface area contributed by atoms with Gasteiger partial charge in [-0.25, -0.2) is 4.79 Å². The number of rotatable bonds is 4. The number of anilines is 1. The zero-order valence-corrected chi connectivity index (χ0v) is 13.9. The molecule has 0 spiro atoms. The number of aromatic nitrogens is 1. The molecule has 1 aliphatic rings. The molecule has 1 aromatic heterocycles. The predicted octanol–water partition coefficient (Wildman–Crippen LogP) is 4.28. The molecule has 4 heteroatoms. The maximum Gasteiger partial charge on any atom is 0.319 e. The number of nitrogens with zero attached hydrogens (tertiary/aromatic N) is 1. The molecule has 1 aliphatic carbocycles. The maximum atomic E-state index is 12.4. The van der Waals surface area contributed by atoms with Crippen molar-refractivity contribution in [2.24, 2.45) is 5.92 Å². The summed E-state index contributed by atoms with van der Waals surface area (Å²) >= 11 is 0. The van der Waals surface area contributed by atoms with Crippen LogP contribution in [-0.2, 0) is 0 Å². The fourth-order valence-electron chi connectivity index (χ4n) is 2.79. The molecule has 2 N–H and O–H groups in total. The number of carbonyl (C=O) groups is 1. The van der Waals surface area contributed by atoms with Crippen molar-refractivity contribution in [2.45, 2.75) is 39.7 Å². The number of hydrogen-bond acceptors (Lipinski definition) is 2. The first-order valence-corrected chi connectivity index (χ1v) is 8.12. The fraction of sp³-hybridized carbons (Fsp3) is 0.368. The van der Waals surface area contributed by atoms with E-state index < -0.39 is 0 Å². The molecule has 0 radical (unpaired) electrons. The minimum atomic E-state index is -0.168. The number of aryl methyl sites for hydroxylation is 2. The van der Waals surface area contributed by atoms with E-state index in [1.165, 1.54) is 5.56 Å². The number of pyridine rings is 1. The molecule has 1 atom stereocenters. The topological polar surface area (TPSA) is 54.0 Å². The first kappa shape index (κ1) is 15.5. The zero-order chi connectivity index (χ0) is 16.4. The second-order valence-corrected chi connectivity index (χ2v) is 6.36. The number of benzene rings is 1. The average Bonchev–Trinajstić information content (AvgIpc) is 3.34. The van der Waals surface area contributed by atoms with Crippen molar-refractivity contribution in [3.8, 4) is 0 Å². The molecule has 2 aromatic rings. The number of carbonyl (C=O) groups excluding carboxylic acids is 1. The normalized spacial score (nSPS) is 15.1. The molecule has 2 amide bonds. The second kappa shape index (κ2) is 6.41. The van der Waals surface area contributed by atoms with Gasteiger partial charge < -0.3 is 10.6 Å². The van der Waals surface area contributed by atoms with Gasteiger partial charge in [-0.15, -0.1) is 0 Å². The van der Waals surface area contributed by atoms with Crippen molar-refractivity contribution in [3.63, 3.8) is 0 Å². The summed E-state index contributed by atoms with van der Waals surface area (Å²) in [5, 5.41) is 6.08. The molecular formula is C19H23N3O. The lowest BCUT2D eigenvalue weighted by molar-refractivity contribution is 0.246. The molecule has 120 valence electrons. The van der Waals surface area contributed by atoms with Gasteiger partial charge in [-0.2, -0.15) is 0 Å². The Morgan fingerprint density at radius 1 is 1.13 bits per heavy atom. The van der Waals surface area contributed by atoms with Crippen LogP contribution in [0.1, 0.15) is 41.4 Å². The highest BCUT2D eigenvalue weighted by atomic mass is 16.2. The standard InChI is InChI=1S/C19H23N3O/c1-12-6-4-8-16(14(12)3)21-19(23)22-18(15-10-11-15)17-9-5-7-13(2)20-17/h4-9,15,18H,10-11H2,1-3H3,(H2,21,22,23)/t18-/m1/s1. The van der Waals surface area contributed by atoms with Crippen LogP contribution in [0.4, 0.5) is 10.5 Å². The Kier molecular flexibility index (Phi) is 4.33. The Labute approximate surface area is 137 Å². The number of amides is 2. The van der Waals surface area contributed by atoms with Crippen LogP contribution in [0.25, 0.3) is 0 Å². The van der Waals surface area contributed by atoms with E-state index in [9.17, 15) is 4.79 Å². The third-order valence-corrected chi connectivity index (χ3v) is 4.46. The Morgan fingerprint density at radius 2 is 1.87 bits per heavy atom. The van der Waals surface area contributed by atoms with Crippen LogP contribution in [0.3, 0.4) is 0 Å². The van der Waals surface area contributed by atoms with Gasteiger partial charge in [0.25, 0.3) is 0 Å². The summed E-state index contributed by atoms with van der Waals surface area (Å²) in [6.07, 6.45) is 2.29. The molecule has 0 bridgehead atoms. The Balaban J connectivity index is 1.73. The zero-order valence-electron chi connectivity index (χ0n) is 13.9. The van der Waals surface area contributed by atoms with Crippen LogP contribution in [0.5, 0.6) is 0 Å². The van der Waals surface area contributed by atoms with Gasteiger partial charge in [-0.1, -0.05) is 18.2 Å². The van der Waals surface area contributed by atoms with E-state index >= 15 is 0 Å². The van der Waals surface area contributed by atoms with E-state index in [1.807, 2.05) is 57.2 Å². The highest BCUT2D eigenvalue weighted by Crippen LogP contribution is 2.40. The van der Waals surface area contributed by atoms with Gasteiger partial charge in [-0.3, -0.25) is 4.98 Å². The number of hydrogen-bond donors (Lipinski definition) is 2. The van der Waals surface area contributed by atoms with Crippen molar-refractivity contribution in [1.29, 1.82) is 0 Å². The van der Waals surface area contributed by atoms with Crippen LogP contribution in [0.15, 0.2) is 36.4 Å². The van der Waals surface area contributed by atoms with E-state index in [0.717, 1.165) is 35.5 Å². The van der Waals surface area contributed by atoms with Gasteiger partial charge in [-0.05, 0) is 68.9 Å². The molecule has 1 heterocycles. The highest BCUT2D eigenvalue weighted by molar-refractivity contribution is 5.90. The molecule has 3 rings (SSSR count). The summed E-state index contributed by atoms with van der Waals surface area (Å²) < 4.78 is 0. The summed E-state index contributed by atoms with van der Waals surface area (Å²) in [6.45, 7) is 6.04.